The number of carbonyl (C=O) groups excluding carboxylic acids is 1. The minimum absolute atomic E-state index is 0. The van der Waals surface area contributed by atoms with Crippen LogP contribution in [-0.2, 0) is 19.5 Å². The fourth-order valence-electron chi connectivity index (χ4n) is 2.71. The number of fused-ring (bicyclic) bond motifs is 1. The minimum atomic E-state index is -3.75. The predicted molar refractivity (Wildman–Crippen MR) is 105 cm³/mol. The molecule has 1 fully saturated rings. The molecule has 11 heteroatoms. The van der Waals surface area contributed by atoms with Crippen LogP contribution in [0.3, 0.4) is 0 Å². The van der Waals surface area contributed by atoms with Gasteiger partial charge in [0, 0.05) is 31.1 Å². The van der Waals surface area contributed by atoms with Crippen molar-refractivity contribution in [3.8, 4) is 0 Å². The first-order valence-corrected chi connectivity index (χ1v) is 10.6. The summed E-state index contributed by atoms with van der Waals surface area (Å²) in [6, 6.07) is 4.48. The van der Waals surface area contributed by atoms with Crippen molar-refractivity contribution in [1.82, 2.24) is 9.62 Å². The van der Waals surface area contributed by atoms with E-state index in [9.17, 15) is 13.2 Å². The highest BCUT2D eigenvalue weighted by atomic mass is 35.5. The smallest absolute Gasteiger partial charge is 0.337 e. The molecule has 0 aromatic heterocycles. The number of benzene rings is 1. The lowest BCUT2D eigenvalue weighted by atomic mass is 10.2. The number of hydrogen-bond donors (Lipinski definition) is 1. The summed E-state index contributed by atoms with van der Waals surface area (Å²) in [6.07, 6.45) is 0.847. The number of aliphatic imine (C=N–C) groups is 1. The number of amidine groups is 1. The van der Waals surface area contributed by atoms with Gasteiger partial charge in [0.1, 0.15) is 4.90 Å². The number of ether oxygens (including phenoxy) is 2. The zero-order chi connectivity index (χ0) is 18.6. The summed E-state index contributed by atoms with van der Waals surface area (Å²) in [4.78, 5) is 18.9. The van der Waals surface area contributed by atoms with Gasteiger partial charge in [-0.05, 0) is 24.6 Å². The number of carbonyl (C=O) groups is 1. The van der Waals surface area contributed by atoms with Crippen LogP contribution in [0.5, 0.6) is 0 Å². The molecule has 0 saturated carbocycles. The van der Waals surface area contributed by atoms with Crippen LogP contribution in [0.25, 0.3) is 0 Å². The molecule has 1 aromatic rings. The quantitative estimate of drug-likeness (QED) is 0.550. The van der Waals surface area contributed by atoms with E-state index in [2.05, 4.69) is 19.4 Å². The summed E-state index contributed by atoms with van der Waals surface area (Å²) in [5.74, 6) is -0.574. The second kappa shape index (κ2) is 9.74. The first kappa shape index (κ1) is 22.0. The number of methoxy groups -OCH3 is 1. The Hall–Kier alpha value is -1.33. The second-order valence-corrected chi connectivity index (χ2v) is 8.54. The van der Waals surface area contributed by atoms with Crippen molar-refractivity contribution in [3.63, 3.8) is 0 Å². The van der Waals surface area contributed by atoms with Crippen LogP contribution in [0.1, 0.15) is 16.8 Å². The van der Waals surface area contributed by atoms with Crippen molar-refractivity contribution in [2.75, 3.05) is 46.5 Å². The van der Waals surface area contributed by atoms with Crippen LogP contribution in [0.2, 0.25) is 0 Å². The van der Waals surface area contributed by atoms with Gasteiger partial charge in [-0.15, -0.1) is 12.4 Å². The van der Waals surface area contributed by atoms with Gasteiger partial charge in [-0.3, -0.25) is 14.6 Å². The number of sulfonamides is 1. The van der Waals surface area contributed by atoms with Gasteiger partial charge in [0.15, 0.2) is 5.17 Å². The van der Waals surface area contributed by atoms with Gasteiger partial charge < -0.3 is 9.47 Å². The van der Waals surface area contributed by atoms with Crippen molar-refractivity contribution in [2.24, 2.45) is 4.99 Å². The van der Waals surface area contributed by atoms with E-state index in [1.807, 2.05) is 0 Å². The molecule has 1 N–H and O–H groups in total. The van der Waals surface area contributed by atoms with Gasteiger partial charge in [-0.1, -0.05) is 11.8 Å². The minimum Gasteiger partial charge on any atom is -0.465 e. The molecular formula is C16H22ClN3O5S2. The maximum atomic E-state index is 12.4. The monoisotopic (exact) mass is 435 g/mol. The summed E-state index contributed by atoms with van der Waals surface area (Å²) in [6.45, 7) is 4.82. The SMILES string of the molecule is COC(=O)c1ccc2c(c1)S(=O)(=O)NC(=NCCCN1CCOCC1)S2.Cl. The van der Waals surface area contributed by atoms with Crippen molar-refractivity contribution >= 4 is 45.3 Å². The predicted octanol–water partition coefficient (Wildman–Crippen LogP) is 1.36. The highest BCUT2D eigenvalue weighted by Crippen LogP contribution is 2.32. The molecule has 27 heavy (non-hydrogen) atoms. The van der Waals surface area contributed by atoms with E-state index in [4.69, 9.17) is 4.74 Å². The first-order valence-electron chi connectivity index (χ1n) is 8.27. The van der Waals surface area contributed by atoms with Crippen molar-refractivity contribution in [2.45, 2.75) is 16.2 Å². The molecule has 0 unspecified atom stereocenters. The summed E-state index contributed by atoms with van der Waals surface area (Å²) in [7, 11) is -2.49. The Kier molecular flexibility index (Phi) is 7.92. The summed E-state index contributed by atoms with van der Waals surface area (Å²) < 4.78 is 37.3. The molecule has 0 atom stereocenters. The molecule has 0 amide bonds. The second-order valence-electron chi connectivity index (χ2n) is 5.86. The average molecular weight is 436 g/mol. The Balaban J connectivity index is 0.00000261. The molecule has 2 heterocycles. The maximum Gasteiger partial charge on any atom is 0.337 e. The molecule has 1 aromatic carbocycles. The normalized spacial score (nSPS) is 20.3. The van der Waals surface area contributed by atoms with Crippen LogP contribution in [0.15, 0.2) is 33.0 Å². The molecule has 8 nitrogen and oxygen atoms in total. The Labute approximate surface area is 169 Å². The molecule has 2 aliphatic rings. The van der Waals surface area contributed by atoms with Gasteiger partial charge in [0.05, 0.1) is 25.9 Å². The number of nitrogens with zero attached hydrogens (tertiary/aromatic N) is 2. The van der Waals surface area contributed by atoms with Gasteiger partial charge >= 0.3 is 5.97 Å². The number of halogens is 1. The number of nitrogens with one attached hydrogen (secondary N) is 1. The van der Waals surface area contributed by atoms with Crippen LogP contribution in [0.4, 0.5) is 0 Å². The van der Waals surface area contributed by atoms with E-state index in [-0.39, 0.29) is 22.9 Å². The fraction of sp³-hybridized carbons (Fsp3) is 0.500. The molecule has 0 radical (unpaired) electrons. The van der Waals surface area contributed by atoms with E-state index < -0.39 is 16.0 Å². The summed E-state index contributed by atoms with van der Waals surface area (Å²) in [5.41, 5.74) is 0.197. The molecule has 150 valence electrons. The number of morpholine rings is 1. The zero-order valence-electron chi connectivity index (χ0n) is 14.8. The lowest BCUT2D eigenvalue weighted by molar-refractivity contribution is 0.0377. The summed E-state index contributed by atoms with van der Waals surface area (Å²) in [5, 5.41) is 0.352. The molecule has 1 saturated heterocycles. The highest BCUT2D eigenvalue weighted by molar-refractivity contribution is 8.16. The number of esters is 1. The van der Waals surface area contributed by atoms with Gasteiger partial charge in [-0.25, -0.2) is 13.2 Å². The number of rotatable bonds is 5. The van der Waals surface area contributed by atoms with Crippen molar-refractivity contribution in [3.05, 3.63) is 23.8 Å². The van der Waals surface area contributed by atoms with Crippen LogP contribution < -0.4 is 4.72 Å². The first-order chi connectivity index (χ1) is 12.5. The van der Waals surface area contributed by atoms with E-state index in [0.29, 0.717) is 16.6 Å². The average Bonchev–Trinajstić information content (AvgIpc) is 2.65. The maximum absolute atomic E-state index is 12.4. The van der Waals surface area contributed by atoms with E-state index >= 15 is 0 Å². The van der Waals surface area contributed by atoms with E-state index in [1.165, 1.54) is 24.9 Å². The Morgan fingerprint density at radius 2 is 2.11 bits per heavy atom. The fourth-order valence-corrected chi connectivity index (χ4v) is 5.34. The van der Waals surface area contributed by atoms with E-state index in [0.717, 1.165) is 39.3 Å². The summed E-state index contributed by atoms with van der Waals surface area (Å²) >= 11 is 1.25. The van der Waals surface area contributed by atoms with Crippen LogP contribution in [-0.4, -0.2) is 71.0 Å². The third kappa shape index (κ3) is 5.58. The Morgan fingerprint density at radius 3 is 2.81 bits per heavy atom. The van der Waals surface area contributed by atoms with Crippen molar-refractivity contribution in [1.29, 1.82) is 0 Å². The zero-order valence-corrected chi connectivity index (χ0v) is 17.3. The molecule has 3 rings (SSSR count). The van der Waals surface area contributed by atoms with Gasteiger partial charge in [0.2, 0.25) is 0 Å². The number of thioether (sulfide) groups is 1. The number of hydrogen-bond acceptors (Lipinski definition) is 8. The standard InChI is InChI=1S/C16H21N3O5S2.ClH/c1-23-15(20)12-3-4-13-14(11-12)26(21,22)18-16(25-13)17-5-2-6-19-7-9-24-10-8-19;/h3-4,11H,2,5-10H2,1H3,(H,17,18);1H. The van der Waals surface area contributed by atoms with Gasteiger partial charge in [0.25, 0.3) is 10.0 Å². The third-order valence-corrected chi connectivity index (χ3v) is 6.71. The van der Waals surface area contributed by atoms with Crippen LogP contribution >= 0.6 is 24.2 Å². The topological polar surface area (TPSA) is 97.3 Å². The third-order valence-electron chi connectivity index (χ3n) is 4.07. The lowest BCUT2D eigenvalue weighted by Gasteiger charge is -2.26. The molecular weight excluding hydrogens is 414 g/mol. The van der Waals surface area contributed by atoms with E-state index in [1.54, 1.807) is 12.1 Å². The molecule has 0 spiro atoms. The molecule has 0 bridgehead atoms. The van der Waals surface area contributed by atoms with Crippen LogP contribution in [0, 0.1) is 0 Å². The molecule has 2 aliphatic heterocycles. The lowest BCUT2D eigenvalue weighted by Crippen LogP contribution is -2.37. The highest BCUT2D eigenvalue weighted by Gasteiger charge is 2.28. The molecule has 0 aliphatic carbocycles. The van der Waals surface area contributed by atoms with Crippen molar-refractivity contribution < 1.29 is 22.7 Å². The Bertz CT molecular complexity index is 810. The Morgan fingerprint density at radius 1 is 1.37 bits per heavy atom. The van der Waals surface area contributed by atoms with Gasteiger partial charge in [-0.2, -0.15) is 0 Å². The largest absolute Gasteiger partial charge is 0.465 e.